The van der Waals surface area contributed by atoms with Gasteiger partial charge in [0.2, 0.25) is 0 Å². The first-order valence-electron chi connectivity index (χ1n) is 3.06. The molecule has 0 aliphatic carbocycles. The topological polar surface area (TPSA) is 17.3 Å². The molecule has 2 aromatic rings. The van der Waals surface area contributed by atoms with E-state index >= 15 is 0 Å². The van der Waals surface area contributed by atoms with Crippen molar-refractivity contribution in [2.24, 2.45) is 0 Å². The molecule has 0 spiro atoms. The number of nitrogens with zero attached hydrogens (tertiary/aromatic N) is 2. The second-order valence-electron chi connectivity index (χ2n) is 2.14. The van der Waals surface area contributed by atoms with Gasteiger partial charge in [-0.3, -0.25) is 4.40 Å². The molecule has 2 aromatic heterocycles. The first-order chi connectivity index (χ1) is 5.29. The predicted molar refractivity (Wildman–Crippen MR) is 55.6 cm³/mol. The number of fused-ring (bicyclic) bond motifs is 1. The highest BCUT2D eigenvalue weighted by Gasteiger charge is 2.00. The van der Waals surface area contributed by atoms with Gasteiger partial charge >= 0.3 is 0 Å². The summed E-state index contributed by atoms with van der Waals surface area (Å²) in [7, 11) is 0. The lowest BCUT2D eigenvalue weighted by molar-refractivity contribution is 1.12. The summed E-state index contributed by atoms with van der Waals surface area (Å²) in [6.07, 6.45) is 1.81. The van der Waals surface area contributed by atoms with Crippen LogP contribution in [0.3, 0.4) is 0 Å². The van der Waals surface area contributed by atoms with E-state index in [9.17, 15) is 0 Å². The molecule has 2 heterocycles. The fourth-order valence-corrected chi connectivity index (χ4v) is 1.95. The normalized spacial score (nSPS) is 10.7. The smallest absolute Gasteiger partial charge is 0.127 e. The number of halogens is 2. The SMILES string of the molecule is Brc1cccc2c(I)ncn12. The van der Waals surface area contributed by atoms with Crippen molar-refractivity contribution in [1.82, 2.24) is 9.38 Å². The lowest BCUT2D eigenvalue weighted by Crippen LogP contribution is -1.82. The third-order valence-electron chi connectivity index (χ3n) is 1.48. The highest BCUT2D eigenvalue weighted by molar-refractivity contribution is 14.1. The third kappa shape index (κ3) is 1.18. The lowest BCUT2D eigenvalue weighted by Gasteiger charge is -1.95. The van der Waals surface area contributed by atoms with Crippen LogP contribution in [-0.2, 0) is 0 Å². The van der Waals surface area contributed by atoms with Gasteiger partial charge in [-0.15, -0.1) is 0 Å². The Morgan fingerprint density at radius 3 is 3.00 bits per heavy atom. The van der Waals surface area contributed by atoms with Crippen LogP contribution in [0.2, 0.25) is 0 Å². The third-order valence-corrected chi connectivity index (χ3v) is 2.95. The molecule has 0 atom stereocenters. The van der Waals surface area contributed by atoms with Gasteiger partial charge in [0.05, 0.1) is 10.1 Å². The van der Waals surface area contributed by atoms with E-state index in [1.165, 1.54) is 0 Å². The summed E-state index contributed by atoms with van der Waals surface area (Å²) in [6, 6.07) is 6.04. The van der Waals surface area contributed by atoms with Crippen molar-refractivity contribution < 1.29 is 0 Å². The van der Waals surface area contributed by atoms with E-state index in [0.717, 1.165) is 13.8 Å². The maximum absolute atomic E-state index is 4.18. The fourth-order valence-electron chi connectivity index (χ4n) is 0.954. The quantitative estimate of drug-likeness (QED) is 0.538. The van der Waals surface area contributed by atoms with Gasteiger partial charge < -0.3 is 0 Å². The number of aromatic nitrogens is 2. The molecule has 56 valence electrons. The molecule has 11 heavy (non-hydrogen) atoms. The van der Waals surface area contributed by atoms with Crippen LogP contribution in [0.1, 0.15) is 0 Å². The molecule has 0 aliphatic rings. The minimum Gasteiger partial charge on any atom is -0.292 e. The Morgan fingerprint density at radius 1 is 1.45 bits per heavy atom. The summed E-state index contributed by atoms with van der Waals surface area (Å²) in [6.45, 7) is 0. The van der Waals surface area contributed by atoms with Crippen molar-refractivity contribution in [3.63, 3.8) is 0 Å². The van der Waals surface area contributed by atoms with E-state index in [2.05, 4.69) is 43.5 Å². The Labute approximate surface area is 85.9 Å². The van der Waals surface area contributed by atoms with E-state index in [1.807, 2.05) is 22.6 Å². The Morgan fingerprint density at radius 2 is 2.27 bits per heavy atom. The number of rotatable bonds is 0. The van der Waals surface area contributed by atoms with Crippen LogP contribution in [0.15, 0.2) is 29.1 Å². The van der Waals surface area contributed by atoms with Gasteiger partial charge in [0, 0.05) is 0 Å². The van der Waals surface area contributed by atoms with Gasteiger partial charge in [-0.05, 0) is 50.7 Å². The zero-order valence-electron chi connectivity index (χ0n) is 5.46. The molecule has 0 amide bonds. The molecule has 0 saturated heterocycles. The Bertz CT molecular complexity index is 396. The van der Waals surface area contributed by atoms with Crippen LogP contribution < -0.4 is 0 Å². The van der Waals surface area contributed by atoms with Crippen LogP contribution in [0, 0.1) is 3.70 Å². The first-order valence-corrected chi connectivity index (χ1v) is 4.93. The molecule has 0 N–H and O–H groups in total. The molecule has 0 aliphatic heterocycles. The number of hydrogen-bond donors (Lipinski definition) is 0. The zero-order chi connectivity index (χ0) is 7.84. The Balaban J connectivity index is 2.94. The standard InChI is InChI=1S/C7H4BrIN2/c8-6-3-1-2-5-7(9)10-4-11(5)6/h1-4H. The molecule has 0 bridgehead atoms. The number of pyridine rings is 1. The monoisotopic (exact) mass is 322 g/mol. The minimum atomic E-state index is 1.03. The highest BCUT2D eigenvalue weighted by Crippen LogP contribution is 2.17. The van der Waals surface area contributed by atoms with Gasteiger partial charge in [0.15, 0.2) is 0 Å². The number of imidazole rings is 1. The molecule has 4 heteroatoms. The van der Waals surface area contributed by atoms with Crippen molar-refractivity contribution in [2.75, 3.05) is 0 Å². The van der Waals surface area contributed by atoms with E-state index in [0.29, 0.717) is 0 Å². The maximum atomic E-state index is 4.18. The van der Waals surface area contributed by atoms with Crippen molar-refractivity contribution in [3.05, 3.63) is 32.8 Å². The van der Waals surface area contributed by atoms with Crippen LogP contribution in [0.5, 0.6) is 0 Å². The van der Waals surface area contributed by atoms with E-state index in [4.69, 9.17) is 0 Å². The van der Waals surface area contributed by atoms with Crippen molar-refractivity contribution in [3.8, 4) is 0 Å². The van der Waals surface area contributed by atoms with Crippen molar-refractivity contribution in [1.29, 1.82) is 0 Å². The molecule has 0 radical (unpaired) electrons. The molecule has 2 nitrogen and oxygen atoms in total. The minimum absolute atomic E-state index is 1.03. The summed E-state index contributed by atoms with van der Waals surface area (Å²) in [5.74, 6) is 0. The summed E-state index contributed by atoms with van der Waals surface area (Å²) in [5, 5.41) is 0. The fraction of sp³-hybridized carbons (Fsp3) is 0. The first kappa shape index (κ1) is 7.54. The van der Waals surface area contributed by atoms with Gasteiger partial charge in [0.1, 0.15) is 10.0 Å². The van der Waals surface area contributed by atoms with Crippen molar-refractivity contribution >= 4 is 44.0 Å². The molecule has 0 unspecified atom stereocenters. The second-order valence-corrected chi connectivity index (χ2v) is 3.97. The predicted octanol–water partition coefficient (Wildman–Crippen LogP) is 2.70. The van der Waals surface area contributed by atoms with E-state index < -0.39 is 0 Å². The lowest BCUT2D eigenvalue weighted by atomic mass is 10.4. The highest BCUT2D eigenvalue weighted by atomic mass is 127. The molecule has 2 rings (SSSR count). The van der Waals surface area contributed by atoms with Gasteiger partial charge in [-0.2, -0.15) is 0 Å². The van der Waals surface area contributed by atoms with Crippen molar-refractivity contribution in [2.45, 2.75) is 0 Å². The summed E-state index contributed by atoms with van der Waals surface area (Å²) in [4.78, 5) is 4.18. The average molecular weight is 323 g/mol. The average Bonchev–Trinajstić information content (AvgIpc) is 2.35. The van der Waals surface area contributed by atoms with Crippen LogP contribution in [-0.4, -0.2) is 9.38 Å². The van der Waals surface area contributed by atoms with Crippen LogP contribution >= 0.6 is 38.5 Å². The summed E-state index contributed by atoms with van der Waals surface area (Å²) in [5.41, 5.74) is 1.14. The van der Waals surface area contributed by atoms with Crippen LogP contribution in [0.25, 0.3) is 5.52 Å². The molecule has 0 saturated carbocycles. The Hall–Kier alpha value is -0.100. The van der Waals surface area contributed by atoms with E-state index in [1.54, 1.807) is 6.33 Å². The molecule has 0 fully saturated rings. The zero-order valence-corrected chi connectivity index (χ0v) is 9.20. The Kier molecular flexibility index (Phi) is 1.88. The molecule has 0 aromatic carbocycles. The largest absolute Gasteiger partial charge is 0.292 e. The molecular formula is C7H4BrIN2. The summed E-state index contributed by atoms with van der Waals surface area (Å²) >= 11 is 5.65. The van der Waals surface area contributed by atoms with Crippen LogP contribution in [0.4, 0.5) is 0 Å². The van der Waals surface area contributed by atoms with E-state index in [-0.39, 0.29) is 0 Å². The second kappa shape index (κ2) is 2.75. The van der Waals surface area contributed by atoms with Gasteiger partial charge in [-0.25, -0.2) is 4.98 Å². The molecular weight excluding hydrogens is 319 g/mol. The van der Waals surface area contributed by atoms with Gasteiger partial charge in [-0.1, -0.05) is 6.07 Å². The summed E-state index contributed by atoms with van der Waals surface area (Å²) < 4.78 is 4.07. The number of hydrogen-bond acceptors (Lipinski definition) is 1. The maximum Gasteiger partial charge on any atom is 0.127 e. The van der Waals surface area contributed by atoms with Gasteiger partial charge in [0.25, 0.3) is 0 Å².